The van der Waals surface area contributed by atoms with Crippen molar-refractivity contribution >= 4 is 0 Å². The van der Waals surface area contributed by atoms with Crippen molar-refractivity contribution in [3.05, 3.63) is 35.4 Å². The second-order valence-electron chi connectivity index (χ2n) is 4.99. The molecule has 0 radical (unpaired) electrons. The number of halogens is 2. The number of nitrogens with two attached hydrogens (primary N) is 1. The Hall–Kier alpha value is -1.00. The second-order valence-corrected chi connectivity index (χ2v) is 4.99. The third-order valence-corrected chi connectivity index (χ3v) is 3.53. The van der Waals surface area contributed by atoms with Crippen molar-refractivity contribution in [3.63, 3.8) is 0 Å². The van der Waals surface area contributed by atoms with Crippen molar-refractivity contribution in [1.29, 1.82) is 0 Å². The molecule has 18 heavy (non-hydrogen) atoms. The van der Waals surface area contributed by atoms with Crippen molar-refractivity contribution in [2.24, 2.45) is 5.73 Å². The Morgan fingerprint density at radius 1 is 1.06 bits per heavy atom. The van der Waals surface area contributed by atoms with E-state index in [9.17, 15) is 8.78 Å². The molecule has 1 fully saturated rings. The average molecular weight is 254 g/mol. The van der Waals surface area contributed by atoms with Crippen molar-refractivity contribution in [2.75, 3.05) is 19.6 Å². The molecule has 0 spiro atoms. The summed E-state index contributed by atoms with van der Waals surface area (Å²) in [7, 11) is 0. The first-order valence-corrected chi connectivity index (χ1v) is 6.59. The van der Waals surface area contributed by atoms with E-state index in [1.54, 1.807) is 6.07 Å². The smallest absolute Gasteiger partial charge is 0.159 e. The fourth-order valence-electron chi connectivity index (χ4n) is 2.45. The van der Waals surface area contributed by atoms with Crippen LogP contribution in [0, 0.1) is 11.6 Å². The summed E-state index contributed by atoms with van der Waals surface area (Å²) >= 11 is 0. The van der Waals surface area contributed by atoms with Crippen LogP contribution in [0.5, 0.6) is 0 Å². The molecule has 1 heterocycles. The maximum absolute atomic E-state index is 13.1. The molecule has 100 valence electrons. The quantitative estimate of drug-likeness (QED) is 0.898. The number of likely N-dealkylation sites (tertiary alicyclic amines) is 1. The minimum absolute atomic E-state index is 0.252. The fourth-order valence-corrected chi connectivity index (χ4v) is 2.45. The van der Waals surface area contributed by atoms with E-state index in [0.29, 0.717) is 12.1 Å². The average Bonchev–Trinajstić information content (AvgIpc) is 2.61. The normalized spacial score (nSPS) is 19.5. The van der Waals surface area contributed by atoms with Crippen molar-refractivity contribution in [2.45, 2.75) is 31.7 Å². The molecule has 1 aromatic carbocycles. The van der Waals surface area contributed by atoms with E-state index in [1.807, 2.05) is 0 Å². The van der Waals surface area contributed by atoms with Gasteiger partial charge in [-0.3, -0.25) is 0 Å². The third kappa shape index (κ3) is 3.50. The summed E-state index contributed by atoms with van der Waals surface area (Å²) in [6.07, 6.45) is 4.95. The Labute approximate surface area is 107 Å². The summed E-state index contributed by atoms with van der Waals surface area (Å²) < 4.78 is 26.0. The minimum atomic E-state index is -0.821. The molecule has 0 saturated carbocycles. The summed E-state index contributed by atoms with van der Waals surface area (Å²) in [6, 6.07) is 3.67. The van der Waals surface area contributed by atoms with Crippen LogP contribution in [0.1, 0.15) is 37.3 Å². The van der Waals surface area contributed by atoms with Crippen LogP contribution in [0.15, 0.2) is 18.2 Å². The molecule has 1 atom stereocenters. The fraction of sp³-hybridized carbons (Fsp3) is 0.571. The molecule has 1 aliphatic heterocycles. The number of hydrogen-bond acceptors (Lipinski definition) is 2. The lowest BCUT2D eigenvalue weighted by atomic mass is 10.1. The van der Waals surface area contributed by atoms with E-state index in [1.165, 1.54) is 31.7 Å². The van der Waals surface area contributed by atoms with E-state index >= 15 is 0 Å². The van der Waals surface area contributed by atoms with E-state index in [0.717, 1.165) is 19.2 Å². The summed E-state index contributed by atoms with van der Waals surface area (Å²) in [5.41, 5.74) is 6.73. The van der Waals surface area contributed by atoms with Crippen LogP contribution in [0.2, 0.25) is 0 Å². The molecule has 1 saturated heterocycles. The monoisotopic (exact) mass is 254 g/mol. The van der Waals surface area contributed by atoms with Crippen LogP contribution in [0.4, 0.5) is 8.78 Å². The minimum Gasteiger partial charge on any atom is -0.323 e. The first-order chi connectivity index (χ1) is 8.66. The van der Waals surface area contributed by atoms with Crippen LogP contribution in [-0.4, -0.2) is 24.5 Å². The molecule has 0 aliphatic carbocycles. The van der Waals surface area contributed by atoms with Gasteiger partial charge < -0.3 is 10.6 Å². The molecule has 2 nitrogen and oxygen atoms in total. The number of hydrogen-bond donors (Lipinski definition) is 1. The highest BCUT2D eigenvalue weighted by molar-refractivity contribution is 5.21. The van der Waals surface area contributed by atoms with Crippen LogP contribution in [0.3, 0.4) is 0 Å². The number of rotatable bonds is 3. The molecule has 1 aliphatic rings. The van der Waals surface area contributed by atoms with Crippen molar-refractivity contribution in [3.8, 4) is 0 Å². The zero-order chi connectivity index (χ0) is 13.0. The second kappa shape index (κ2) is 6.25. The van der Waals surface area contributed by atoms with E-state index < -0.39 is 11.6 Å². The van der Waals surface area contributed by atoms with Gasteiger partial charge in [0, 0.05) is 12.6 Å². The van der Waals surface area contributed by atoms with Gasteiger partial charge >= 0.3 is 0 Å². The van der Waals surface area contributed by atoms with Gasteiger partial charge in [0.2, 0.25) is 0 Å². The molecular formula is C14H20F2N2. The molecule has 2 N–H and O–H groups in total. The summed E-state index contributed by atoms with van der Waals surface area (Å²) in [4.78, 5) is 2.32. The Morgan fingerprint density at radius 2 is 1.72 bits per heavy atom. The number of benzene rings is 1. The Kier molecular flexibility index (Phi) is 4.66. The standard InChI is InChI=1S/C14H20F2N2/c15-12-6-5-11(9-13(12)16)14(17)10-18-7-3-1-2-4-8-18/h5-6,9,14H,1-4,7-8,10,17H2. The van der Waals surface area contributed by atoms with E-state index in [-0.39, 0.29) is 6.04 Å². The zero-order valence-electron chi connectivity index (χ0n) is 10.5. The van der Waals surface area contributed by atoms with Crippen molar-refractivity contribution < 1.29 is 8.78 Å². The molecule has 0 amide bonds. The van der Waals surface area contributed by atoms with Gasteiger partial charge in [-0.05, 0) is 43.6 Å². The van der Waals surface area contributed by atoms with Gasteiger partial charge in [-0.2, -0.15) is 0 Å². The summed E-state index contributed by atoms with van der Waals surface area (Å²) in [6.45, 7) is 2.82. The molecule has 2 rings (SSSR count). The van der Waals surface area contributed by atoms with Gasteiger partial charge in [0.15, 0.2) is 11.6 Å². The largest absolute Gasteiger partial charge is 0.323 e. The third-order valence-electron chi connectivity index (χ3n) is 3.53. The van der Waals surface area contributed by atoms with Crippen molar-refractivity contribution in [1.82, 2.24) is 4.90 Å². The first kappa shape index (κ1) is 13.4. The van der Waals surface area contributed by atoms with Crippen LogP contribution < -0.4 is 5.73 Å². The zero-order valence-corrected chi connectivity index (χ0v) is 10.5. The lowest BCUT2D eigenvalue weighted by Crippen LogP contribution is -2.33. The lowest BCUT2D eigenvalue weighted by molar-refractivity contribution is 0.267. The topological polar surface area (TPSA) is 29.3 Å². The van der Waals surface area contributed by atoms with Gasteiger partial charge in [-0.1, -0.05) is 18.9 Å². The van der Waals surface area contributed by atoms with Gasteiger partial charge in [0.1, 0.15) is 0 Å². The van der Waals surface area contributed by atoms with Gasteiger partial charge in [-0.15, -0.1) is 0 Å². The van der Waals surface area contributed by atoms with E-state index in [2.05, 4.69) is 4.90 Å². The molecule has 0 aromatic heterocycles. The highest BCUT2D eigenvalue weighted by Crippen LogP contribution is 2.17. The Morgan fingerprint density at radius 3 is 2.33 bits per heavy atom. The van der Waals surface area contributed by atoms with Gasteiger partial charge in [-0.25, -0.2) is 8.78 Å². The molecule has 4 heteroatoms. The number of nitrogens with zero attached hydrogens (tertiary/aromatic N) is 1. The lowest BCUT2D eigenvalue weighted by Gasteiger charge is -2.24. The highest BCUT2D eigenvalue weighted by atomic mass is 19.2. The summed E-state index contributed by atoms with van der Waals surface area (Å²) in [5, 5.41) is 0. The first-order valence-electron chi connectivity index (χ1n) is 6.59. The van der Waals surface area contributed by atoms with Crippen LogP contribution in [0.25, 0.3) is 0 Å². The van der Waals surface area contributed by atoms with Crippen LogP contribution in [-0.2, 0) is 0 Å². The van der Waals surface area contributed by atoms with Gasteiger partial charge in [0.25, 0.3) is 0 Å². The molecule has 0 bridgehead atoms. The predicted octanol–water partition coefficient (Wildman–Crippen LogP) is 2.84. The SMILES string of the molecule is NC(CN1CCCCCC1)c1ccc(F)c(F)c1. The molecule has 1 aromatic rings. The summed E-state index contributed by atoms with van der Waals surface area (Å²) in [5.74, 6) is -1.64. The van der Waals surface area contributed by atoms with E-state index in [4.69, 9.17) is 5.73 Å². The molecule has 1 unspecified atom stereocenters. The highest BCUT2D eigenvalue weighted by Gasteiger charge is 2.15. The van der Waals surface area contributed by atoms with Crippen LogP contribution >= 0.6 is 0 Å². The predicted molar refractivity (Wildman–Crippen MR) is 68.2 cm³/mol. The Balaban J connectivity index is 1.97. The molecular weight excluding hydrogens is 234 g/mol. The maximum Gasteiger partial charge on any atom is 0.159 e. The maximum atomic E-state index is 13.1. The Bertz CT molecular complexity index is 387. The van der Waals surface area contributed by atoms with Gasteiger partial charge in [0.05, 0.1) is 0 Å².